The minimum absolute atomic E-state index is 0.0110. The van der Waals surface area contributed by atoms with Gasteiger partial charge in [0.05, 0.1) is 61.5 Å². The van der Waals surface area contributed by atoms with Gasteiger partial charge in [-0.1, -0.05) is 74.5 Å². The summed E-state index contributed by atoms with van der Waals surface area (Å²) in [6, 6.07) is 26.8. The van der Waals surface area contributed by atoms with E-state index in [2.05, 4.69) is 30.2 Å². The van der Waals surface area contributed by atoms with Gasteiger partial charge in [0, 0.05) is 48.7 Å². The third-order valence-corrected chi connectivity index (χ3v) is 18.9. The molecule has 8 aromatic rings. The number of benzene rings is 4. The molecule has 3 aliphatic heterocycles. The summed E-state index contributed by atoms with van der Waals surface area (Å²) in [7, 11) is -5.05. The Hall–Kier alpha value is -10.4. The van der Waals surface area contributed by atoms with Crippen LogP contribution < -0.4 is 22.3 Å². The van der Waals surface area contributed by atoms with E-state index in [9.17, 15) is 67.6 Å². The maximum atomic E-state index is 13.5. The topological polar surface area (TPSA) is 426 Å². The van der Waals surface area contributed by atoms with Gasteiger partial charge in [-0.3, -0.25) is 52.2 Å². The summed E-state index contributed by atoms with van der Waals surface area (Å²) in [5, 5.41) is 22.4. The third kappa shape index (κ3) is 19.3. The van der Waals surface area contributed by atoms with Crippen LogP contribution in [0.4, 0.5) is 5.95 Å². The van der Waals surface area contributed by atoms with Crippen LogP contribution in [0, 0.1) is 47.5 Å². The van der Waals surface area contributed by atoms with E-state index in [1.807, 2.05) is 47.6 Å². The fraction of sp³-hybridized carbons (Fsp3) is 0.389. The SMILES string of the molecule is Cc1cc(C(=O)OCC(=O)OC2CC(n3ccc(CC(=O)c4ccccc4)nc3=O)OC2CO)cc(C)c1C.Cc1cc(C(=O)OCC(=O)OC2CC(n3ccc(CC(=O)c4ccccc4)nc3=O)OC2COP(=O)(O)OC2CC(n3cnc4c(=O)[nH]c(NC(=O)C(C)C)nc43)OC2CO)cc(C)c1C. The molecule has 33 heteroatoms. The third-order valence-electron chi connectivity index (χ3n) is 17.9. The van der Waals surface area contributed by atoms with Gasteiger partial charge >= 0.3 is 43.1 Å². The second kappa shape index (κ2) is 34.0. The fourth-order valence-electron chi connectivity index (χ4n) is 11.7. The number of nitrogens with one attached hydrogen (secondary N) is 2. The van der Waals surface area contributed by atoms with Crippen LogP contribution in [0.1, 0.15) is 138 Å². The van der Waals surface area contributed by atoms with Crippen LogP contribution in [0.3, 0.4) is 0 Å². The van der Waals surface area contributed by atoms with Gasteiger partial charge in [0.2, 0.25) is 11.9 Å². The number of carbonyl (C=O) groups is 7. The summed E-state index contributed by atoms with van der Waals surface area (Å²) in [6.07, 6.45) is -6.19. The molecular formula is C72H78N9O23P. The summed E-state index contributed by atoms with van der Waals surface area (Å²) < 4.78 is 67.2. The zero-order chi connectivity index (χ0) is 75.6. The summed E-state index contributed by atoms with van der Waals surface area (Å²) in [6.45, 7) is 11.3. The summed E-state index contributed by atoms with van der Waals surface area (Å²) >= 11 is 0. The highest BCUT2D eigenvalue weighted by Gasteiger charge is 2.45. The number of phosphoric acid groups is 1. The molecule has 3 saturated heterocycles. The number of H-pyrrole nitrogens is 1. The molecule has 32 nitrogen and oxygen atoms in total. The van der Waals surface area contributed by atoms with Crippen molar-refractivity contribution in [2.75, 3.05) is 38.4 Å². The average Bonchev–Trinajstić information content (AvgIpc) is 1.64. The standard InChI is InChI=1S/C43H48N7O15P.C29H30N2O8/c1-22(2)39(54)47-42-46-38-37(40(55)48-42)44-21-50(38)35-17-31(32(18-51)62-35)65-66(58,59)61-19-33-30(64-36(53)20-60-41(56)27-13-23(3)25(5)24(4)14-27)16-34(63-33)49-12-11-28(45-43(49)57)15-29(52)26-9-7-6-8-10-26;1-17-11-21(12-18(2)19(17)3)28(35)37-16-27(34)39-24-14-26(38-25(24)15-32)31-10-9-22(30-29(31)36)13-23(33)20-7-5-4-6-8-20/h6-14,21-22,30-35,51H,15-20H2,1-5H3,(H,58,59)(H2,46,47,48,54,55);4-12,24-26,32H,13-16H2,1-3H3. The van der Waals surface area contributed by atoms with Crippen LogP contribution >= 0.6 is 7.82 Å². The van der Waals surface area contributed by atoms with Crippen molar-refractivity contribution >= 4 is 66.3 Å². The number of aliphatic hydroxyl groups is 2. The molecule has 4 aromatic heterocycles. The Kier molecular flexibility index (Phi) is 25.0. The average molecular weight is 1470 g/mol. The predicted molar refractivity (Wildman–Crippen MR) is 370 cm³/mol. The Morgan fingerprint density at radius 3 is 1.47 bits per heavy atom. The molecule has 0 saturated carbocycles. The number of nitrogens with zero attached hydrogens (tertiary/aromatic N) is 7. The van der Waals surface area contributed by atoms with E-state index in [0.717, 1.165) is 37.9 Å². The highest BCUT2D eigenvalue weighted by Crippen LogP contribution is 2.49. The number of esters is 4. The number of aliphatic hydroxyl groups excluding tert-OH is 2. The zero-order valence-corrected chi connectivity index (χ0v) is 59.3. The van der Waals surface area contributed by atoms with Gasteiger partial charge in [-0.05, 0) is 111 Å². The number of aryl methyl sites for hydroxylation is 4. The van der Waals surface area contributed by atoms with Crippen molar-refractivity contribution in [1.82, 2.24) is 38.6 Å². The van der Waals surface area contributed by atoms with E-state index in [0.29, 0.717) is 22.4 Å². The van der Waals surface area contributed by atoms with Gasteiger partial charge in [-0.15, -0.1) is 0 Å². The van der Waals surface area contributed by atoms with Crippen molar-refractivity contribution in [2.24, 2.45) is 5.92 Å². The van der Waals surface area contributed by atoms with Crippen molar-refractivity contribution in [1.29, 1.82) is 0 Å². The number of amides is 1. The monoisotopic (exact) mass is 1470 g/mol. The van der Waals surface area contributed by atoms with E-state index < -0.39 is 149 Å². The Morgan fingerprint density at radius 2 is 1.02 bits per heavy atom. The van der Waals surface area contributed by atoms with Crippen molar-refractivity contribution in [2.45, 2.75) is 143 Å². The number of hydrogen-bond acceptors (Lipinski definition) is 26. The first kappa shape index (κ1) is 77.2. The quantitative estimate of drug-likeness (QED) is 0.0185. The lowest BCUT2D eigenvalue weighted by Gasteiger charge is -2.23. The fourth-order valence-corrected chi connectivity index (χ4v) is 12.7. The largest absolute Gasteiger partial charge is 0.472 e. The first-order valence-electron chi connectivity index (χ1n) is 33.4. The van der Waals surface area contributed by atoms with Gasteiger partial charge in [-0.25, -0.2) is 38.3 Å². The Morgan fingerprint density at radius 1 is 0.590 bits per heavy atom. The number of aromatic nitrogens is 8. The Labute approximate surface area is 599 Å². The number of hydrogen-bond donors (Lipinski definition) is 5. The number of aromatic amines is 1. The van der Waals surface area contributed by atoms with Gasteiger partial charge < -0.3 is 48.3 Å². The number of imidazole rings is 1. The van der Waals surface area contributed by atoms with Gasteiger partial charge in [-0.2, -0.15) is 15.0 Å². The number of anilines is 1. The highest BCUT2D eigenvalue weighted by molar-refractivity contribution is 7.47. The van der Waals surface area contributed by atoms with Gasteiger partial charge in [0.1, 0.15) is 55.3 Å². The van der Waals surface area contributed by atoms with E-state index in [4.69, 9.17) is 42.2 Å². The van der Waals surface area contributed by atoms with Crippen molar-refractivity contribution in [3.63, 3.8) is 0 Å². The minimum atomic E-state index is -5.05. The lowest BCUT2D eigenvalue weighted by Crippen LogP contribution is -2.33. The number of rotatable bonds is 26. The lowest BCUT2D eigenvalue weighted by molar-refractivity contribution is -0.157. The normalized spacial score (nSPS) is 20.4. The van der Waals surface area contributed by atoms with E-state index in [1.54, 1.807) is 98.8 Å². The highest BCUT2D eigenvalue weighted by atomic mass is 31.2. The molecule has 0 radical (unpaired) electrons. The van der Waals surface area contributed by atoms with Crippen LogP contribution in [-0.4, -0.2) is 165 Å². The number of carbonyl (C=O) groups excluding carboxylic acids is 7. The summed E-state index contributed by atoms with van der Waals surface area (Å²) in [4.78, 5) is 157. The van der Waals surface area contributed by atoms with Gasteiger partial charge in [0.25, 0.3) is 5.56 Å². The number of fused-ring (bicyclic) bond motifs is 1. The summed E-state index contributed by atoms with van der Waals surface area (Å²) in [5.74, 6) is -4.63. The second-order valence-electron chi connectivity index (χ2n) is 25.6. The molecule has 3 fully saturated rings. The molecule has 4 aromatic carbocycles. The Balaban J connectivity index is 0.000000257. The molecule has 5 N–H and O–H groups in total. The minimum Gasteiger partial charge on any atom is -0.457 e. The molecule has 0 spiro atoms. The molecule has 1 amide bonds. The van der Waals surface area contributed by atoms with Crippen LogP contribution in [0.25, 0.3) is 11.2 Å². The number of ether oxygens (including phenoxy) is 7. The molecule has 10 unspecified atom stereocenters. The van der Waals surface area contributed by atoms with Crippen molar-refractivity contribution in [3.8, 4) is 0 Å². The molecule has 11 rings (SSSR count). The molecule has 0 bridgehead atoms. The van der Waals surface area contributed by atoms with E-state index in [-0.39, 0.29) is 72.0 Å². The Bertz CT molecular complexity index is 4760. The van der Waals surface area contributed by atoms with Crippen LogP contribution in [0.5, 0.6) is 0 Å². The molecule has 7 heterocycles. The molecule has 0 aliphatic carbocycles. The first-order chi connectivity index (χ1) is 50.0. The van der Waals surface area contributed by atoms with Crippen LogP contribution in [0.2, 0.25) is 0 Å². The van der Waals surface area contributed by atoms with E-state index in [1.165, 1.54) is 33.9 Å². The van der Waals surface area contributed by atoms with E-state index >= 15 is 0 Å². The number of Topliss-reactive ketones (excluding diaryl/α,β-unsaturated/α-hetero) is 2. The number of ketones is 2. The smallest absolute Gasteiger partial charge is 0.457 e. The summed E-state index contributed by atoms with van der Waals surface area (Å²) in [5.41, 5.74) is 5.49. The first-order valence-corrected chi connectivity index (χ1v) is 34.9. The molecule has 105 heavy (non-hydrogen) atoms. The molecule has 3 aliphatic rings. The molecule has 554 valence electrons. The van der Waals surface area contributed by atoms with Crippen LogP contribution in [0.15, 0.2) is 130 Å². The van der Waals surface area contributed by atoms with Crippen LogP contribution in [-0.2, 0) is 74.0 Å². The van der Waals surface area contributed by atoms with Crippen molar-refractivity contribution < 1.29 is 95.4 Å². The number of phosphoric ester groups is 1. The maximum Gasteiger partial charge on any atom is 0.472 e. The van der Waals surface area contributed by atoms with Crippen molar-refractivity contribution in [3.05, 3.63) is 214 Å². The molecular weight excluding hydrogens is 1390 g/mol. The second-order valence-corrected chi connectivity index (χ2v) is 27.0. The predicted octanol–water partition coefficient (Wildman–Crippen LogP) is 5.80. The maximum absolute atomic E-state index is 13.5. The lowest BCUT2D eigenvalue weighted by atomic mass is 10.0. The molecule has 10 atom stereocenters. The zero-order valence-electron chi connectivity index (χ0n) is 58.4. The van der Waals surface area contributed by atoms with Gasteiger partial charge in [0.15, 0.2) is 35.9 Å².